The van der Waals surface area contributed by atoms with Gasteiger partial charge in [-0.25, -0.2) is 4.98 Å². The van der Waals surface area contributed by atoms with Crippen LogP contribution in [0.25, 0.3) is 10.9 Å². The number of likely N-dealkylation sites (N-methyl/N-ethyl adjacent to an activating group) is 1. The van der Waals surface area contributed by atoms with Crippen molar-refractivity contribution in [2.75, 3.05) is 13.6 Å². The highest BCUT2D eigenvalue weighted by atomic mass is 15.0. The summed E-state index contributed by atoms with van der Waals surface area (Å²) in [6.07, 6.45) is 4.92. The highest BCUT2D eigenvalue weighted by molar-refractivity contribution is 5.78. The fraction of sp³-hybridized carbons (Fsp3) is 0.250. The van der Waals surface area contributed by atoms with E-state index in [1.54, 1.807) is 0 Å². The van der Waals surface area contributed by atoms with Gasteiger partial charge in [-0.15, -0.1) is 0 Å². The number of pyridine rings is 1. The zero-order valence-electron chi connectivity index (χ0n) is 11.6. The molecule has 1 N–H and O–H groups in total. The molecule has 0 spiro atoms. The molecule has 2 aromatic heterocycles. The molecule has 0 radical (unpaired) electrons. The normalized spacial score (nSPS) is 11.1. The summed E-state index contributed by atoms with van der Waals surface area (Å²) < 4.78 is 2.09. The average Bonchev–Trinajstić information content (AvgIpc) is 2.92. The second kappa shape index (κ2) is 5.84. The molecular formula is C16H18N4. The van der Waals surface area contributed by atoms with E-state index in [0.29, 0.717) is 0 Å². The van der Waals surface area contributed by atoms with Gasteiger partial charge in [-0.1, -0.05) is 24.3 Å². The summed E-state index contributed by atoms with van der Waals surface area (Å²) in [6, 6.07) is 12.4. The maximum absolute atomic E-state index is 4.68. The molecule has 1 aromatic carbocycles. The summed E-state index contributed by atoms with van der Waals surface area (Å²) in [4.78, 5) is 9.09. The Hall–Kier alpha value is -2.20. The van der Waals surface area contributed by atoms with E-state index in [0.717, 1.165) is 36.4 Å². The molecule has 0 fully saturated rings. The number of benzene rings is 1. The average molecular weight is 266 g/mol. The topological polar surface area (TPSA) is 42.7 Å². The second-order valence-electron chi connectivity index (χ2n) is 4.89. The number of hydrogen-bond donors (Lipinski definition) is 1. The van der Waals surface area contributed by atoms with E-state index in [-0.39, 0.29) is 0 Å². The van der Waals surface area contributed by atoms with Gasteiger partial charge in [0.05, 0.1) is 29.8 Å². The van der Waals surface area contributed by atoms with Gasteiger partial charge in [-0.2, -0.15) is 0 Å². The molecule has 20 heavy (non-hydrogen) atoms. The van der Waals surface area contributed by atoms with Crippen LogP contribution in [0.4, 0.5) is 0 Å². The largest absolute Gasteiger partial charge is 0.331 e. The summed E-state index contributed by atoms with van der Waals surface area (Å²) in [5.74, 6) is 0. The van der Waals surface area contributed by atoms with Gasteiger partial charge in [0.15, 0.2) is 0 Å². The number of nitrogens with one attached hydrogen (secondary N) is 1. The third-order valence-corrected chi connectivity index (χ3v) is 3.32. The first kappa shape index (κ1) is 12.8. The summed E-state index contributed by atoms with van der Waals surface area (Å²) in [5, 5.41) is 4.31. The van der Waals surface area contributed by atoms with Gasteiger partial charge in [0.25, 0.3) is 0 Å². The molecule has 0 atom stereocenters. The Balaban J connectivity index is 1.76. The van der Waals surface area contributed by atoms with Crippen LogP contribution in [-0.4, -0.2) is 28.1 Å². The Kier molecular flexibility index (Phi) is 3.74. The third kappa shape index (κ3) is 2.86. The lowest BCUT2D eigenvalue weighted by molar-refractivity contribution is 0.766. The molecule has 3 aromatic rings. The molecule has 4 nitrogen and oxygen atoms in total. The first-order chi connectivity index (χ1) is 9.85. The van der Waals surface area contributed by atoms with Crippen LogP contribution in [0, 0.1) is 0 Å². The van der Waals surface area contributed by atoms with Gasteiger partial charge >= 0.3 is 0 Å². The fourth-order valence-electron chi connectivity index (χ4n) is 2.26. The van der Waals surface area contributed by atoms with Crippen molar-refractivity contribution in [3.8, 4) is 0 Å². The molecule has 0 saturated carbocycles. The first-order valence-corrected chi connectivity index (χ1v) is 6.85. The van der Waals surface area contributed by atoms with Crippen molar-refractivity contribution in [1.29, 1.82) is 0 Å². The summed E-state index contributed by atoms with van der Waals surface area (Å²) >= 11 is 0. The van der Waals surface area contributed by atoms with Crippen LogP contribution < -0.4 is 5.32 Å². The molecule has 0 aliphatic carbocycles. The minimum atomic E-state index is 0.761. The van der Waals surface area contributed by atoms with Crippen molar-refractivity contribution in [1.82, 2.24) is 19.9 Å². The Morgan fingerprint density at radius 2 is 2.00 bits per heavy atom. The molecule has 4 heteroatoms. The summed E-state index contributed by atoms with van der Waals surface area (Å²) in [7, 11) is 1.95. The standard InChI is InChI=1S/C16H18N4/c1-17-9-8-14-10-20(12-18-14)11-15-7-6-13-4-2-3-5-16(13)19-15/h2-7,10,12,17H,8-9,11H2,1H3. The number of rotatable bonds is 5. The van der Waals surface area contributed by atoms with Crippen LogP contribution in [0.5, 0.6) is 0 Å². The zero-order valence-corrected chi connectivity index (χ0v) is 11.6. The molecular weight excluding hydrogens is 248 g/mol. The predicted molar refractivity (Wildman–Crippen MR) is 80.7 cm³/mol. The molecule has 2 heterocycles. The smallest absolute Gasteiger partial charge is 0.0953 e. The van der Waals surface area contributed by atoms with Crippen molar-refractivity contribution >= 4 is 10.9 Å². The number of imidazole rings is 1. The molecule has 0 aliphatic heterocycles. The van der Waals surface area contributed by atoms with Gasteiger partial charge in [0.2, 0.25) is 0 Å². The van der Waals surface area contributed by atoms with Crippen molar-refractivity contribution in [2.45, 2.75) is 13.0 Å². The van der Waals surface area contributed by atoms with E-state index >= 15 is 0 Å². The summed E-state index contributed by atoms with van der Waals surface area (Å²) in [6.45, 7) is 1.71. The van der Waals surface area contributed by atoms with Crippen LogP contribution in [0.15, 0.2) is 48.9 Å². The van der Waals surface area contributed by atoms with E-state index in [2.05, 4.69) is 44.2 Å². The lowest BCUT2D eigenvalue weighted by atomic mass is 10.2. The highest BCUT2D eigenvalue weighted by Gasteiger charge is 2.02. The number of nitrogens with zero attached hydrogens (tertiary/aromatic N) is 3. The molecule has 0 bridgehead atoms. The quantitative estimate of drug-likeness (QED) is 0.770. The second-order valence-corrected chi connectivity index (χ2v) is 4.89. The van der Waals surface area contributed by atoms with Gasteiger partial charge in [-0.3, -0.25) is 4.98 Å². The molecule has 0 saturated heterocycles. The van der Waals surface area contributed by atoms with Crippen molar-refractivity contribution in [3.63, 3.8) is 0 Å². The molecule has 3 rings (SSSR count). The van der Waals surface area contributed by atoms with Gasteiger partial charge in [0.1, 0.15) is 0 Å². The van der Waals surface area contributed by atoms with E-state index in [4.69, 9.17) is 0 Å². The fourth-order valence-corrected chi connectivity index (χ4v) is 2.26. The third-order valence-electron chi connectivity index (χ3n) is 3.32. The maximum atomic E-state index is 4.68. The van der Waals surface area contributed by atoms with Gasteiger partial charge in [-0.05, 0) is 19.2 Å². The number of hydrogen-bond acceptors (Lipinski definition) is 3. The van der Waals surface area contributed by atoms with Crippen molar-refractivity contribution in [3.05, 3.63) is 60.3 Å². The lowest BCUT2D eigenvalue weighted by Gasteiger charge is -2.03. The monoisotopic (exact) mass is 266 g/mol. The number of fused-ring (bicyclic) bond motifs is 1. The molecule has 0 aliphatic rings. The SMILES string of the molecule is CNCCc1cn(Cc2ccc3ccccc3n2)cn1. The van der Waals surface area contributed by atoms with Crippen LogP contribution >= 0.6 is 0 Å². The van der Waals surface area contributed by atoms with Gasteiger partial charge in [0, 0.05) is 24.5 Å². The predicted octanol–water partition coefficient (Wildman–Crippen LogP) is 2.24. The Morgan fingerprint density at radius 1 is 1.10 bits per heavy atom. The number of aromatic nitrogens is 3. The van der Waals surface area contributed by atoms with Crippen LogP contribution in [0.3, 0.4) is 0 Å². The summed E-state index contributed by atoms with van der Waals surface area (Å²) in [5.41, 5.74) is 3.21. The van der Waals surface area contributed by atoms with Gasteiger partial charge < -0.3 is 9.88 Å². The zero-order chi connectivity index (χ0) is 13.8. The van der Waals surface area contributed by atoms with Crippen LogP contribution in [0.1, 0.15) is 11.4 Å². The molecule has 0 unspecified atom stereocenters. The Morgan fingerprint density at radius 3 is 2.90 bits per heavy atom. The highest BCUT2D eigenvalue weighted by Crippen LogP contribution is 2.12. The van der Waals surface area contributed by atoms with E-state index in [9.17, 15) is 0 Å². The van der Waals surface area contributed by atoms with E-state index in [1.165, 1.54) is 5.39 Å². The maximum Gasteiger partial charge on any atom is 0.0953 e. The van der Waals surface area contributed by atoms with E-state index < -0.39 is 0 Å². The Labute approximate surface area is 118 Å². The van der Waals surface area contributed by atoms with Crippen molar-refractivity contribution < 1.29 is 0 Å². The van der Waals surface area contributed by atoms with E-state index in [1.807, 2.05) is 31.6 Å². The minimum Gasteiger partial charge on any atom is -0.331 e. The molecule has 102 valence electrons. The molecule has 0 amide bonds. The minimum absolute atomic E-state index is 0.761. The van der Waals surface area contributed by atoms with Crippen LogP contribution in [0.2, 0.25) is 0 Å². The van der Waals surface area contributed by atoms with Crippen molar-refractivity contribution in [2.24, 2.45) is 0 Å². The Bertz CT molecular complexity index is 702. The lowest BCUT2D eigenvalue weighted by Crippen LogP contribution is -2.10. The number of para-hydroxylation sites is 1. The first-order valence-electron chi connectivity index (χ1n) is 6.85. The van der Waals surface area contributed by atoms with Crippen LogP contribution in [-0.2, 0) is 13.0 Å².